The molecule has 2 aliphatic heterocycles. The SMILES string of the molecule is CO[C@H](C(=O)[C@@H](O)[C@@H](C)O)C1(C)Cc2cc3cc(OCOC(C)[C@@H](O)COC(C)OC(C)[C@@H](O)CO)c(C)c(O)c3c(O)c2C(=O)[C@@H]1O[C@H]1CC(O[C@@H]2O[C@H](C)[C@@H](O)C(O[C@@H]3CC(C)[C@H](O)C(O)C3)C2C)[C@H](O)C(C)O1. The smallest absolute Gasteiger partial charge is 0.196 e. The van der Waals surface area contributed by atoms with E-state index in [0.717, 1.165) is 0 Å². The Hall–Kier alpha value is -3.28. The number of fused-ring (bicyclic) bond motifs is 2. The van der Waals surface area contributed by atoms with Crippen LogP contribution in [-0.2, 0) is 53.8 Å². The normalized spacial score (nSPS) is 35.4. The molecular formula is C53H82O23. The van der Waals surface area contributed by atoms with Crippen LogP contribution in [0.2, 0.25) is 0 Å². The molecule has 2 saturated heterocycles. The number of hydrogen-bond acceptors (Lipinski definition) is 23. The Morgan fingerprint density at radius 2 is 1.50 bits per heavy atom. The van der Waals surface area contributed by atoms with Crippen molar-refractivity contribution in [1.29, 1.82) is 0 Å². The number of benzene rings is 2. The summed E-state index contributed by atoms with van der Waals surface area (Å²) in [5.41, 5.74) is -1.62. The van der Waals surface area contributed by atoms with Gasteiger partial charge in [0, 0.05) is 36.8 Å². The van der Waals surface area contributed by atoms with Crippen molar-refractivity contribution in [2.24, 2.45) is 17.3 Å². The maximum Gasteiger partial charge on any atom is 0.196 e. The van der Waals surface area contributed by atoms with Gasteiger partial charge in [-0.15, -0.1) is 0 Å². The van der Waals surface area contributed by atoms with Crippen LogP contribution in [0, 0.1) is 24.2 Å². The molecule has 0 spiro atoms. The van der Waals surface area contributed by atoms with E-state index in [1.807, 2.05) is 0 Å². The Labute approximate surface area is 442 Å². The topological polar surface area (TPSA) is 349 Å². The van der Waals surface area contributed by atoms with Crippen LogP contribution < -0.4 is 4.74 Å². The zero-order valence-corrected chi connectivity index (χ0v) is 45.1. The zero-order chi connectivity index (χ0) is 56.4. The highest BCUT2D eigenvalue weighted by atomic mass is 16.7. The molecule has 2 aromatic carbocycles. The van der Waals surface area contributed by atoms with Crippen LogP contribution in [0.3, 0.4) is 0 Å². The summed E-state index contributed by atoms with van der Waals surface area (Å²) in [6.45, 7) is 14.5. The molecule has 11 N–H and O–H groups in total. The molecule has 2 aliphatic carbocycles. The number of aliphatic hydroxyl groups is 9. The number of ether oxygens (including phenoxy) is 10. The third-order valence-corrected chi connectivity index (χ3v) is 15.7. The lowest BCUT2D eigenvalue weighted by Crippen LogP contribution is -2.61. The van der Waals surface area contributed by atoms with Crippen LogP contribution in [0.25, 0.3) is 10.8 Å². The molecule has 76 heavy (non-hydrogen) atoms. The second-order valence-electron chi connectivity index (χ2n) is 21.6. The predicted molar refractivity (Wildman–Crippen MR) is 266 cm³/mol. The number of methoxy groups -OCH3 is 1. The number of ketones is 2. The van der Waals surface area contributed by atoms with Gasteiger partial charge in [0.1, 0.15) is 60.0 Å². The van der Waals surface area contributed by atoms with E-state index in [0.29, 0.717) is 6.42 Å². The Kier molecular flexibility index (Phi) is 21.1. The third kappa shape index (κ3) is 13.3. The van der Waals surface area contributed by atoms with Crippen molar-refractivity contribution in [2.45, 2.75) is 218 Å². The number of carbonyl (C=O) groups excluding carboxylic acids is 2. The van der Waals surface area contributed by atoms with Crippen LogP contribution in [0.15, 0.2) is 12.1 Å². The van der Waals surface area contributed by atoms with Crippen molar-refractivity contribution in [1.82, 2.24) is 0 Å². The minimum absolute atomic E-state index is 0.112. The summed E-state index contributed by atoms with van der Waals surface area (Å²) in [5.74, 6) is -3.67. The van der Waals surface area contributed by atoms with Gasteiger partial charge in [0.25, 0.3) is 0 Å². The average molecular weight is 1090 g/mol. The van der Waals surface area contributed by atoms with Crippen LogP contribution in [0.5, 0.6) is 17.2 Å². The maximum atomic E-state index is 15.2. The molecule has 10 unspecified atom stereocenters. The first kappa shape index (κ1) is 61.9. The first-order chi connectivity index (χ1) is 35.6. The van der Waals surface area contributed by atoms with Gasteiger partial charge in [-0.25, -0.2) is 0 Å². The van der Waals surface area contributed by atoms with Gasteiger partial charge in [0.2, 0.25) is 0 Å². The second kappa shape index (κ2) is 25.9. The number of phenolic OH excluding ortho intramolecular Hbond substituents is 2. The summed E-state index contributed by atoms with van der Waals surface area (Å²) >= 11 is 0. The van der Waals surface area contributed by atoms with Crippen molar-refractivity contribution in [3.63, 3.8) is 0 Å². The molecule has 0 aromatic heterocycles. The molecule has 6 rings (SSSR count). The van der Waals surface area contributed by atoms with Crippen LogP contribution >= 0.6 is 0 Å². The van der Waals surface area contributed by atoms with Gasteiger partial charge in [-0.3, -0.25) is 9.59 Å². The van der Waals surface area contributed by atoms with Crippen LogP contribution in [0.4, 0.5) is 0 Å². The summed E-state index contributed by atoms with van der Waals surface area (Å²) in [6.07, 6.45) is -22.2. The molecule has 4 aliphatic rings. The summed E-state index contributed by atoms with van der Waals surface area (Å²) < 4.78 is 60.1. The molecule has 2 aromatic rings. The number of Topliss-reactive ketones (excluding diaryl/α,β-unsaturated/α-hetero) is 2. The van der Waals surface area contributed by atoms with Gasteiger partial charge in [-0.05, 0) is 90.3 Å². The monoisotopic (exact) mass is 1090 g/mol. The molecule has 2 heterocycles. The quantitative estimate of drug-likeness (QED) is 0.0685. The Bertz CT molecular complexity index is 2250. The number of carbonyl (C=O) groups is 2. The molecule has 0 bridgehead atoms. The highest BCUT2D eigenvalue weighted by molar-refractivity contribution is 6.11. The van der Waals surface area contributed by atoms with Crippen molar-refractivity contribution in [2.75, 3.05) is 27.1 Å². The van der Waals surface area contributed by atoms with E-state index >= 15 is 4.79 Å². The van der Waals surface area contributed by atoms with Crippen molar-refractivity contribution in [3.05, 3.63) is 28.8 Å². The van der Waals surface area contributed by atoms with E-state index in [-0.39, 0.29) is 65.0 Å². The first-order valence-corrected chi connectivity index (χ1v) is 26.1. The number of hydrogen-bond donors (Lipinski definition) is 11. The Morgan fingerprint density at radius 1 is 0.829 bits per heavy atom. The second-order valence-corrected chi connectivity index (χ2v) is 21.6. The average Bonchev–Trinajstić information content (AvgIpc) is 3.36. The minimum Gasteiger partial charge on any atom is -0.507 e. The van der Waals surface area contributed by atoms with E-state index in [1.54, 1.807) is 48.5 Å². The lowest BCUT2D eigenvalue weighted by molar-refractivity contribution is -0.332. The van der Waals surface area contributed by atoms with E-state index < -0.39 is 170 Å². The zero-order valence-electron chi connectivity index (χ0n) is 45.1. The summed E-state index contributed by atoms with van der Waals surface area (Å²) in [7, 11) is 1.19. The van der Waals surface area contributed by atoms with E-state index in [4.69, 9.17) is 52.5 Å². The number of aliphatic hydroxyl groups excluding tert-OH is 9. The fraction of sp³-hybridized carbons (Fsp3) is 0.774. The van der Waals surface area contributed by atoms with Gasteiger partial charge < -0.3 is 104 Å². The lowest BCUT2D eigenvalue weighted by atomic mass is 9.64. The van der Waals surface area contributed by atoms with Gasteiger partial charge in [0.15, 0.2) is 37.2 Å². The molecule has 0 radical (unpaired) electrons. The highest BCUT2D eigenvalue weighted by Gasteiger charge is 2.57. The van der Waals surface area contributed by atoms with E-state index in [9.17, 15) is 55.9 Å². The van der Waals surface area contributed by atoms with Crippen LogP contribution in [0.1, 0.15) is 103 Å². The molecule has 3 fully saturated rings. The number of rotatable bonds is 23. The number of aromatic hydroxyl groups is 2. The van der Waals surface area contributed by atoms with Gasteiger partial charge >= 0.3 is 0 Å². The molecule has 23 nitrogen and oxygen atoms in total. The third-order valence-electron chi connectivity index (χ3n) is 15.7. The fourth-order valence-electron chi connectivity index (χ4n) is 10.8. The Balaban J connectivity index is 1.24. The highest BCUT2D eigenvalue weighted by Crippen LogP contribution is 2.50. The van der Waals surface area contributed by atoms with Gasteiger partial charge in [0.05, 0.1) is 85.2 Å². The predicted octanol–water partition coefficient (Wildman–Crippen LogP) is 0.767. The Morgan fingerprint density at radius 3 is 2.13 bits per heavy atom. The molecular weight excluding hydrogens is 1000 g/mol. The summed E-state index contributed by atoms with van der Waals surface area (Å²) in [4.78, 5) is 29.2. The summed E-state index contributed by atoms with van der Waals surface area (Å²) in [5, 5.41) is 118. The maximum absolute atomic E-state index is 15.2. The van der Waals surface area contributed by atoms with Crippen LogP contribution in [-0.4, -0.2) is 217 Å². The van der Waals surface area contributed by atoms with Crippen molar-refractivity contribution >= 4 is 22.3 Å². The lowest BCUT2D eigenvalue weighted by Gasteiger charge is -2.48. The minimum atomic E-state index is -1.95. The van der Waals surface area contributed by atoms with Gasteiger partial charge in [-0.1, -0.05) is 20.8 Å². The number of phenols is 2. The first-order valence-electron chi connectivity index (χ1n) is 26.1. The molecule has 432 valence electrons. The van der Waals surface area contributed by atoms with E-state index in [1.165, 1.54) is 40.0 Å². The van der Waals surface area contributed by atoms with Gasteiger partial charge in [-0.2, -0.15) is 0 Å². The summed E-state index contributed by atoms with van der Waals surface area (Å²) in [6, 6.07) is 3.03. The van der Waals surface area contributed by atoms with E-state index in [2.05, 4.69) is 0 Å². The largest absolute Gasteiger partial charge is 0.507 e. The molecule has 1 saturated carbocycles. The standard InChI is InChI=1S/C53H82O23/c1-21-12-32(15-33(56)41(21)59)74-49-23(3)52(73-28(8)45(49)63)75-37-16-38(72-27(7)44(37)62)76-51-47(65)40-31(17-53(51,10)50(67-11)48(66)43(61)24(4)55)13-30-14-36(22(2)42(60)39(30)46(40)64)70-20-69-25(5)35(58)19-68-29(9)71-26(6)34(57)18-54/h13-14,21,23-29,32-35,37-38,41,43-45,49-52,54-64H,12,15-20H2,1-11H3/t21?,23?,24-,25?,26?,27?,28-,29?,32-,33?,34+,35+,37?,38+,41+,43+,44-,45-,49?,50-,51+,52+,53?/m1/s1. The fourth-order valence-corrected chi connectivity index (χ4v) is 10.8. The van der Waals surface area contributed by atoms with Crippen molar-refractivity contribution in [3.8, 4) is 17.2 Å². The van der Waals surface area contributed by atoms with Crippen molar-refractivity contribution < 1.29 is 113 Å². The molecule has 23 atom stereocenters. The molecule has 23 heteroatoms. The molecule has 0 amide bonds.